The number of rotatable bonds is 2. The SMILES string of the molecule is Nc1ccc(C(F)(F)C(=O)O)cc1. The highest BCUT2D eigenvalue weighted by atomic mass is 19.3. The van der Waals surface area contributed by atoms with Crippen LogP contribution in [-0.2, 0) is 10.7 Å². The van der Waals surface area contributed by atoms with Crippen LogP contribution >= 0.6 is 0 Å². The predicted molar refractivity (Wildman–Crippen MR) is 42.4 cm³/mol. The number of carboxylic acids is 1. The van der Waals surface area contributed by atoms with Crippen LogP contribution in [0.5, 0.6) is 0 Å². The Labute approximate surface area is 72.8 Å². The molecule has 0 fully saturated rings. The maximum Gasteiger partial charge on any atom is 0.379 e. The summed E-state index contributed by atoms with van der Waals surface area (Å²) in [5.41, 5.74) is 4.99. The molecule has 0 bridgehead atoms. The maximum atomic E-state index is 12.8. The Morgan fingerprint density at radius 2 is 1.77 bits per heavy atom. The van der Waals surface area contributed by atoms with E-state index in [2.05, 4.69) is 0 Å². The first kappa shape index (κ1) is 9.44. The van der Waals surface area contributed by atoms with Crippen molar-refractivity contribution >= 4 is 11.7 Å². The zero-order chi connectivity index (χ0) is 10.1. The quantitative estimate of drug-likeness (QED) is 0.688. The zero-order valence-corrected chi connectivity index (χ0v) is 6.50. The fraction of sp³-hybridized carbons (Fsp3) is 0.125. The van der Waals surface area contributed by atoms with E-state index in [9.17, 15) is 13.6 Å². The van der Waals surface area contributed by atoms with Gasteiger partial charge in [-0.05, 0) is 12.1 Å². The second-order valence-electron chi connectivity index (χ2n) is 2.50. The van der Waals surface area contributed by atoms with Gasteiger partial charge in [0.1, 0.15) is 0 Å². The number of hydrogen-bond donors (Lipinski definition) is 2. The van der Waals surface area contributed by atoms with Crippen molar-refractivity contribution < 1.29 is 18.7 Å². The lowest BCUT2D eigenvalue weighted by Gasteiger charge is -2.10. The molecule has 3 nitrogen and oxygen atoms in total. The summed E-state index contributed by atoms with van der Waals surface area (Å²) in [6, 6.07) is 4.44. The van der Waals surface area contributed by atoms with Crippen molar-refractivity contribution in [3.63, 3.8) is 0 Å². The van der Waals surface area contributed by atoms with Gasteiger partial charge in [0, 0.05) is 11.3 Å². The second-order valence-corrected chi connectivity index (χ2v) is 2.50. The molecule has 1 aromatic rings. The number of nitrogen functional groups attached to an aromatic ring is 1. The molecular formula is C8H7F2NO2. The van der Waals surface area contributed by atoms with Gasteiger partial charge in [0.25, 0.3) is 0 Å². The van der Waals surface area contributed by atoms with Gasteiger partial charge in [0.15, 0.2) is 0 Å². The van der Waals surface area contributed by atoms with Crippen molar-refractivity contribution in [2.75, 3.05) is 5.73 Å². The van der Waals surface area contributed by atoms with Gasteiger partial charge < -0.3 is 10.8 Å². The predicted octanol–water partition coefficient (Wildman–Crippen LogP) is 1.45. The van der Waals surface area contributed by atoms with E-state index in [1.807, 2.05) is 0 Å². The molecule has 0 atom stereocenters. The Balaban J connectivity index is 3.08. The number of aliphatic carboxylic acids is 1. The maximum absolute atomic E-state index is 12.8. The Morgan fingerprint density at radius 3 is 2.15 bits per heavy atom. The second kappa shape index (κ2) is 3.01. The third-order valence-corrected chi connectivity index (χ3v) is 1.54. The van der Waals surface area contributed by atoms with Crippen LogP contribution in [0.2, 0.25) is 0 Å². The monoisotopic (exact) mass is 187 g/mol. The molecule has 0 saturated heterocycles. The fourth-order valence-electron chi connectivity index (χ4n) is 0.816. The van der Waals surface area contributed by atoms with Crippen LogP contribution in [0.1, 0.15) is 5.56 Å². The topological polar surface area (TPSA) is 63.3 Å². The van der Waals surface area contributed by atoms with Gasteiger partial charge in [0.05, 0.1) is 0 Å². The molecule has 0 radical (unpaired) electrons. The van der Waals surface area contributed by atoms with Crippen molar-refractivity contribution in [3.05, 3.63) is 29.8 Å². The first-order valence-electron chi connectivity index (χ1n) is 3.42. The van der Waals surface area contributed by atoms with Crippen LogP contribution in [0.25, 0.3) is 0 Å². The summed E-state index contributed by atoms with van der Waals surface area (Å²) in [6.07, 6.45) is 0. The molecule has 5 heteroatoms. The molecule has 70 valence electrons. The molecule has 0 spiro atoms. The summed E-state index contributed by atoms with van der Waals surface area (Å²) in [5.74, 6) is -6.02. The number of carboxylic acid groups (broad SMARTS) is 1. The number of alkyl halides is 2. The number of halogens is 2. The number of hydrogen-bond acceptors (Lipinski definition) is 2. The van der Waals surface area contributed by atoms with Crippen LogP contribution in [0, 0.1) is 0 Å². The Kier molecular flexibility index (Phi) is 2.18. The van der Waals surface area contributed by atoms with Crippen LogP contribution < -0.4 is 5.73 Å². The van der Waals surface area contributed by atoms with Crippen LogP contribution in [0.4, 0.5) is 14.5 Å². The van der Waals surface area contributed by atoms with Crippen molar-refractivity contribution in [1.82, 2.24) is 0 Å². The van der Waals surface area contributed by atoms with E-state index >= 15 is 0 Å². The smallest absolute Gasteiger partial charge is 0.379 e. The molecule has 3 N–H and O–H groups in total. The number of carbonyl (C=O) groups is 1. The molecule has 0 aliphatic heterocycles. The molecule has 1 rings (SSSR count). The Hall–Kier alpha value is -1.65. The lowest BCUT2D eigenvalue weighted by molar-refractivity contribution is -0.166. The van der Waals surface area contributed by atoms with Crippen molar-refractivity contribution in [2.24, 2.45) is 0 Å². The van der Waals surface area contributed by atoms with E-state index in [0.29, 0.717) is 5.69 Å². The molecule has 0 aromatic heterocycles. The third kappa shape index (κ3) is 1.74. The minimum absolute atomic E-state index is 0.310. The van der Waals surface area contributed by atoms with Crippen LogP contribution in [0.3, 0.4) is 0 Å². The molecule has 0 heterocycles. The molecule has 13 heavy (non-hydrogen) atoms. The summed E-state index contributed by atoms with van der Waals surface area (Å²) < 4.78 is 25.5. The van der Waals surface area contributed by atoms with Crippen molar-refractivity contribution in [1.29, 1.82) is 0 Å². The number of nitrogens with two attached hydrogens (primary N) is 1. The molecule has 0 aliphatic rings. The Bertz CT molecular complexity index is 321. The highest BCUT2D eigenvalue weighted by molar-refractivity contribution is 5.77. The molecule has 0 amide bonds. The average molecular weight is 187 g/mol. The van der Waals surface area contributed by atoms with E-state index < -0.39 is 17.5 Å². The van der Waals surface area contributed by atoms with Gasteiger partial charge in [-0.1, -0.05) is 12.1 Å². The molecule has 0 unspecified atom stereocenters. The minimum atomic E-state index is -3.85. The van der Waals surface area contributed by atoms with Crippen molar-refractivity contribution in [2.45, 2.75) is 5.92 Å². The van der Waals surface area contributed by atoms with Gasteiger partial charge >= 0.3 is 11.9 Å². The van der Waals surface area contributed by atoms with E-state index in [1.54, 1.807) is 0 Å². The standard InChI is InChI=1S/C8H7F2NO2/c9-8(10,7(12)13)5-1-3-6(11)4-2-5/h1-4H,11H2,(H,12,13). The first-order chi connectivity index (χ1) is 5.94. The molecule has 0 aliphatic carbocycles. The van der Waals surface area contributed by atoms with Gasteiger partial charge in [-0.3, -0.25) is 0 Å². The summed E-state index contributed by atoms with van der Waals surface area (Å²) in [6.45, 7) is 0. The Morgan fingerprint density at radius 1 is 1.31 bits per heavy atom. The van der Waals surface area contributed by atoms with Gasteiger partial charge in [-0.15, -0.1) is 0 Å². The van der Waals surface area contributed by atoms with E-state index in [1.165, 1.54) is 12.1 Å². The van der Waals surface area contributed by atoms with Gasteiger partial charge in [0.2, 0.25) is 0 Å². The van der Waals surface area contributed by atoms with Gasteiger partial charge in [-0.2, -0.15) is 8.78 Å². The number of benzene rings is 1. The highest BCUT2D eigenvalue weighted by Crippen LogP contribution is 2.28. The molecule has 1 aromatic carbocycles. The average Bonchev–Trinajstić information content (AvgIpc) is 2.04. The zero-order valence-electron chi connectivity index (χ0n) is 6.50. The van der Waals surface area contributed by atoms with Crippen LogP contribution in [0.15, 0.2) is 24.3 Å². The number of anilines is 1. The normalized spacial score (nSPS) is 11.2. The first-order valence-corrected chi connectivity index (χ1v) is 3.42. The lowest BCUT2D eigenvalue weighted by Crippen LogP contribution is -2.25. The van der Waals surface area contributed by atoms with Crippen LogP contribution in [-0.4, -0.2) is 11.1 Å². The molecular weight excluding hydrogens is 180 g/mol. The summed E-state index contributed by atoms with van der Waals surface area (Å²) in [5, 5.41) is 8.18. The largest absolute Gasteiger partial charge is 0.477 e. The summed E-state index contributed by atoms with van der Waals surface area (Å²) >= 11 is 0. The molecule has 0 saturated carbocycles. The van der Waals surface area contributed by atoms with Crippen molar-refractivity contribution in [3.8, 4) is 0 Å². The van der Waals surface area contributed by atoms with Gasteiger partial charge in [-0.25, -0.2) is 4.79 Å². The fourth-order valence-corrected chi connectivity index (χ4v) is 0.816. The summed E-state index contributed by atoms with van der Waals surface area (Å²) in [7, 11) is 0. The minimum Gasteiger partial charge on any atom is -0.477 e. The third-order valence-electron chi connectivity index (χ3n) is 1.54. The highest BCUT2D eigenvalue weighted by Gasteiger charge is 2.40. The lowest BCUT2D eigenvalue weighted by atomic mass is 10.1. The van der Waals surface area contributed by atoms with E-state index in [4.69, 9.17) is 10.8 Å². The van der Waals surface area contributed by atoms with E-state index in [-0.39, 0.29) is 0 Å². The summed E-state index contributed by atoms with van der Waals surface area (Å²) in [4.78, 5) is 10.1. The van der Waals surface area contributed by atoms with E-state index in [0.717, 1.165) is 12.1 Å².